The number of hydrogen-bond donors (Lipinski definition) is 1. The van der Waals surface area contributed by atoms with Gasteiger partial charge in [-0.15, -0.1) is 0 Å². The van der Waals surface area contributed by atoms with Crippen molar-refractivity contribution in [1.82, 2.24) is 9.62 Å². The smallest absolute Gasteiger partial charge is 0.223 e. The Labute approximate surface area is 144 Å². The van der Waals surface area contributed by atoms with Gasteiger partial charge in [0.15, 0.2) is 0 Å². The molecule has 1 aliphatic rings. The van der Waals surface area contributed by atoms with E-state index in [1.807, 2.05) is 31.2 Å². The van der Waals surface area contributed by atoms with Gasteiger partial charge in [0.25, 0.3) is 0 Å². The third-order valence-electron chi connectivity index (χ3n) is 4.48. The Morgan fingerprint density at radius 1 is 1.29 bits per heavy atom. The minimum atomic E-state index is -3.28. The van der Waals surface area contributed by atoms with Crippen molar-refractivity contribution < 1.29 is 17.9 Å². The maximum atomic E-state index is 12.3. The van der Waals surface area contributed by atoms with E-state index in [1.165, 1.54) is 11.4 Å². The summed E-state index contributed by atoms with van der Waals surface area (Å²) in [4.78, 5) is 12.3. The Kier molecular flexibility index (Phi) is 6.77. The molecule has 7 heteroatoms. The van der Waals surface area contributed by atoms with E-state index in [9.17, 15) is 13.2 Å². The fourth-order valence-electron chi connectivity index (χ4n) is 2.85. The highest BCUT2D eigenvalue weighted by Crippen LogP contribution is 2.20. The van der Waals surface area contributed by atoms with Crippen LogP contribution in [0.1, 0.15) is 24.0 Å². The van der Waals surface area contributed by atoms with Gasteiger partial charge in [0.05, 0.1) is 12.4 Å². The van der Waals surface area contributed by atoms with Gasteiger partial charge in [0, 0.05) is 32.7 Å². The van der Waals surface area contributed by atoms with Gasteiger partial charge in [-0.2, -0.15) is 0 Å². The Morgan fingerprint density at radius 3 is 2.58 bits per heavy atom. The number of rotatable bonds is 7. The van der Waals surface area contributed by atoms with Crippen LogP contribution < -0.4 is 5.32 Å². The van der Waals surface area contributed by atoms with Crippen LogP contribution in [0.15, 0.2) is 24.3 Å². The number of amides is 1. The van der Waals surface area contributed by atoms with E-state index < -0.39 is 10.0 Å². The number of methoxy groups -OCH3 is 1. The molecular formula is C17H26N2O4S. The molecule has 0 unspecified atom stereocenters. The molecule has 0 radical (unpaired) electrons. The molecule has 0 saturated carbocycles. The zero-order chi connectivity index (χ0) is 17.6. The van der Waals surface area contributed by atoms with Crippen LogP contribution in [0.4, 0.5) is 0 Å². The van der Waals surface area contributed by atoms with Crippen LogP contribution in [-0.4, -0.2) is 51.2 Å². The minimum absolute atomic E-state index is 0.00630. The summed E-state index contributed by atoms with van der Waals surface area (Å²) in [6.45, 7) is 3.52. The molecule has 1 aromatic rings. The topological polar surface area (TPSA) is 75.7 Å². The van der Waals surface area contributed by atoms with E-state index in [1.54, 1.807) is 0 Å². The van der Waals surface area contributed by atoms with Crippen LogP contribution in [0.2, 0.25) is 0 Å². The van der Waals surface area contributed by atoms with Gasteiger partial charge < -0.3 is 10.1 Å². The van der Waals surface area contributed by atoms with Gasteiger partial charge in [-0.05, 0) is 30.9 Å². The van der Waals surface area contributed by atoms with E-state index in [-0.39, 0.29) is 24.2 Å². The van der Waals surface area contributed by atoms with E-state index >= 15 is 0 Å². The maximum absolute atomic E-state index is 12.3. The van der Waals surface area contributed by atoms with Crippen LogP contribution in [-0.2, 0) is 26.1 Å². The SMILES string of the molecule is COCCS(=O)(=O)N1CCC(C(=O)NCc2ccccc2C)CC1. The maximum Gasteiger partial charge on any atom is 0.223 e. The van der Waals surface area contributed by atoms with E-state index in [4.69, 9.17) is 4.74 Å². The number of aryl methyl sites for hydroxylation is 1. The number of benzene rings is 1. The lowest BCUT2D eigenvalue weighted by molar-refractivity contribution is -0.126. The molecule has 1 saturated heterocycles. The normalized spacial score (nSPS) is 16.9. The second kappa shape index (κ2) is 8.60. The molecule has 0 aromatic heterocycles. The number of sulfonamides is 1. The molecule has 2 rings (SSSR count). The zero-order valence-corrected chi connectivity index (χ0v) is 15.1. The molecule has 134 valence electrons. The molecule has 6 nitrogen and oxygen atoms in total. The second-order valence-electron chi connectivity index (χ2n) is 6.13. The molecule has 1 aliphatic heterocycles. The summed E-state index contributed by atoms with van der Waals surface area (Å²) in [5, 5.41) is 2.97. The fraction of sp³-hybridized carbons (Fsp3) is 0.588. The van der Waals surface area contributed by atoms with Crippen molar-refractivity contribution in [3.05, 3.63) is 35.4 Å². The van der Waals surface area contributed by atoms with Crippen LogP contribution >= 0.6 is 0 Å². The van der Waals surface area contributed by atoms with Gasteiger partial charge in [0.1, 0.15) is 0 Å². The van der Waals surface area contributed by atoms with Crippen molar-refractivity contribution in [2.24, 2.45) is 5.92 Å². The predicted octanol–water partition coefficient (Wildman–Crippen LogP) is 1.30. The van der Waals surface area contributed by atoms with Crippen LogP contribution in [0.3, 0.4) is 0 Å². The standard InChI is InChI=1S/C17H26N2O4S/c1-14-5-3-4-6-16(14)13-18-17(20)15-7-9-19(10-8-15)24(21,22)12-11-23-2/h3-6,15H,7-13H2,1-2H3,(H,18,20). The zero-order valence-electron chi connectivity index (χ0n) is 14.3. The quantitative estimate of drug-likeness (QED) is 0.801. The van der Waals surface area contributed by atoms with Crippen molar-refractivity contribution in [3.63, 3.8) is 0 Å². The van der Waals surface area contributed by atoms with Crippen LogP contribution in [0.25, 0.3) is 0 Å². The molecule has 0 spiro atoms. The summed E-state index contributed by atoms with van der Waals surface area (Å²) in [5.41, 5.74) is 2.25. The lowest BCUT2D eigenvalue weighted by Crippen LogP contribution is -2.44. The minimum Gasteiger partial charge on any atom is -0.384 e. The Balaban J connectivity index is 1.81. The molecular weight excluding hydrogens is 328 g/mol. The first-order valence-corrected chi connectivity index (χ1v) is 9.84. The lowest BCUT2D eigenvalue weighted by atomic mass is 9.97. The monoisotopic (exact) mass is 354 g/mol. The van der Waals surface area contributed by atoms with Gasteiger partial charge in [0.2, 0.25) is 15.9 Å². The van der Waals surface area contributed by atoms with Gasteiger partial charge >= 0.3 is 0 Å². The number of hydrogen-bond acceptors (Lipinski definition) is 4. The predicted molar refractivity (Wildman–Crippen MR) is 93.0 cm³/mol. The molecule has 1 heterocycles. The summed E-state index contributed by atoms with van der Waals surface area (Å²) in [6, 6.07) is 7.95. The highest BCUT2D eigenvalue weighted by atomic mass is 32.2. The van der Waals surface area contributed by atoms with Crippen molar-refractivity contribution in [3.8, 4) is 0 Å². The van der Waals surface area contributed by atoms with E-state index in [0.29, 0.717) is 32.5 Å². The number of carbonyl (C=O) groups excluding carboxylic acids is 1. The number of ether oxygens (including phenoxy) is 1. The summed E-state index contributed by atoms with van der Waals surface area (Å²) in [7, 11) is -1.79. The molecule has 1 aromatic carbocycles. The highest BCUT2D eigenvalue weighted by molar-refractivity contribution is 7.89. The summed E-state index contributed by atoms with van der Waals surface area (Å²) in [5.74, 6) is -0.122. The molecule has 1 amide bonds. The molecule has 1 fully saturated rings. The molecule has 0 atom stereocenters. The van der Waals surface area contributed by atoms with Gasteiger partial charge in [-0.25, -0.2) is 12.7 Å². The molecule has 1 N–H and O–H groups in total. The van der Waals surface area contributed by atoms with Crippen molar-refractivity contribution in [2.45, 2.75) is 26.3 Å². The largest absolute Gasteiger partial charge is 0.384 e. The second-order valence-corrected chi connectivity index (χ2v) is 8.21. The number of nitrogens with one attached hydrogen (secondary N) is 1. The molecule has 0 bridgehead atoms. The van der Waals surface area contributed by atoms with Gasteiger partial charge in [-0.3, -0.25) is 4.79 Å². The molecule has 24 heavy (non-hydrogen) atoms. The van der Waals surface area contributed by atoms with Gasteiger partial charge in [-0.1, -0.05) is 24.3 Å². The molecule has 0 aliphatic carbocycles. The first kappa shape index (κ1) is 18.9. The Morgan fingerprint density at radius 2 is 1.96 bits per heavy atom. The lowest BCUT2D eigenvalue weighted by Gasteiger charge is -2.30. The summed E-state index contributed by atoms with van der Waals surface area (Å²) in [6.07, 6.45) is 1.12. The van der Waals surface area contributed by atoms with Crippen LogP contribution in [0, 0.1) is 12.8 Å². The van der Waals surface area contributed by atoms with Crippen molar-refractivity contribution >= 4 is 15.9 Å². The Hall–Kier alpha value is -1.44. The van der Waals surface area contributed by atoms with E-state index in [2.05, 4.69) is 5.32 Å². The average Bonchev–Trinajstić information content (AvgIpc) is 2.59. The number of nitrogens with zero attached hydrogens (tertiary/aromatic N) is 1. The van der Waals surface area contributed by atoms with Crippen molar-refractivity contribution in [1.29, 1.82) is 0 Å². The third kappa shape index (κ3) is 5.03. The van der Waals surface area contributed by atoms with Crippen LogP contribution in [0.5, 0.6) is 0 Å². The first-order valence-electron chi connectivity index (χ1n) is 8.23. The highest BCUT2D eigenvalue weighted by Gasteiger charge is 2.30. The first-order chi connectivity index (χ1) is 11.4. The fourth-order valence-corrected chi connectivity index (χ4v) is 4.25. The summed E-state index contributed by atoms with van der Waals surface area (Å²) >= 11 is 0. The third-order valence-corrected chi connectivity index (χ3v) is 6.31. The average molecular weight is 354 g/mol. The number of carbonyl (C=O) groups is 1. The summed E-state index contributed by atoms with van der Waals surface area (Å²) < 4.78 is 30.5. The Bertz CT molecular complexity index is 652. The van der Waals surface area contributed by atoms with Crippen molar-refractivity contribution in [2.75, 3.05) is 32.6 Å². The van der Waals surface area contributed by atoms with E-state index in [0.717, 1.165) is 11.1 Å². The number of piperidine rings is 1.